The number of hydrogen-bond donors (Lipinski definition) is 2. The second-order valence-corrected chi connectivity index (χ2v) is 4.92. The van der Waals surface area contributed by atoms with Gasteiger partial charge in [0.1, 0.15) is 0 Å². The summed E-state index contributed by atoms with van der Waals surface area (Å²) in [5, 5.41) is 19.2. The summed E-state index contributed by atoms with van der Waals surface area (Å²) < 4.78 is 0.984. The molecular formula is C11H15BrO2. The standard InChI is InChI=1S/C11H15BrO2/c1-11(2,14)10(13)7-8-4-3-5-9(12)6-8/h3-6,10,13-14H,7H2,1-2H3. The second kappa shape index (κ2) is 4.43. The molecule has 1 atom stereocenters. The number of hydrogen-bond acceptors (Lipinski definition) is 2. The van der Waals surface area contributed by atoms with Crippen LogP contribution in [0.5, 0.6) is 0 Å². The highest BCUT2D eigenvalue weighted by Gasteiger charge is 2.24. The van der Waals surface area contributed by atoms with Crippen molar-refractivity contribution in [1.82, 2.24) is 0 Å². The van der Waals surface area contributed by atoms with Crippen molar-refractivity contribution in [2.75, 3.05) is 0 Å². The molecule has 0 fully saturated rings. The Labute approximate surface area is 92.7 Å². The summed E-state index contributed by atoms with van der Waals surface area (Å²) in [5.74, 6) is 0. The molecular weight excluding hydrogens is 244 g/mol. The molecule has 1 aromatic rings. The first-order chi connectivity index (χ1) is 6.39. The summed E-state index contributed by atoms with van der Waals surface area (Å²) >= 11 is 3.36. The Bertz CT molecular complexity index is 304. The van der Waals surface area contributed by atoms with Gasteiger partial charge < -0.3 is 10.2 Å². The van der Waals surface area contributed by atoms with Crippen LogP contribution in [0.3, 0.4) is 0 Å². The average molecular weight is 259 g/mol. The lowest BCUT2D eigenvalue weighted by molar-refractivity contribution is -0.0469. The molecule has 0 bridgehead atoms. The van der Waals surface area contributed by atoms with Crippen LogP contribution in [0.25, 0.3) is 0 Å². The lowest BCUT2D eigenvalue weighted by Crippen LogP contribution is -2.37. The van der Waals surface area contributed by atoms with Crippen LogP contribution >= 0.6 is 15.9 Å². The van der Waals surface area contributed by atoms with Gasteiger partial charge in [0.25, 0.3) is 0 Å². The molecule has 0 radical (unpaired) electrons. The van der Waals surface area contributed by atoms with Gasteiger partial charge in [-0.2, -0.15) is 0 Å². The molecule has 1 rings (SSSR count). The Morgan fingerprint density at radius 1 is 1.43 bits per heavy atom. The number of halogens is 1. The van der Waals surface area contributed by atoms with Crippen LogP contribution in [-0.4, -0.2) is 21.9 Å². The van der Waals surface area contributed by atoms with Crippen molar-refractivity contribution < 1.29 is 10.2 Å². The molecule has 2 N–H and O–H groups in total. The zero-order chi connectivity index (χ0) is 10.8. The molecule has 3 heteroatoms. The van der Waals surface area contributed by atoms with Gasteiger partial charge in [0.2, 0.25) is 0 Å². The van der Waals surface area contributed by atoms with Gasteiger partial charge in [0, 0.05) is 10.9 Å². The van der Waals surface area contributed by atoms with E-state index in [0.29, 0.717) is 6.42 Å². The van der Waals surface area contributed by atoms with E-state index in [1.165, 1.54) is 0 Å². The van der Waals surface area contributed by atoms with Gasteiger partial charge in [0.05, 0.1) is 11.7 Å². The number of benzene rings is 1. The molecule has 0 aromatic heterocycles. The Hall–Kier alpha value is -0.380. The van der Waals surface area contributed by atoms with E-state index in [9.17, 15) is 10.2 Å². The van der Waals surface area contributed by atoms with E-state index in [-0.39, 0.29) is 0 Å². The van der Waals surface area contributed by atoms with E-state index >= 15 is 0 Å². The summed E-state index contributed by atoms with van der Waals surface area (Å²) in [5.41, 5.74) is -0.0449. The highest BCUT2D eigenvalue weighted by atomic mass is 79.9. The predicted molar refractivity (Wildman–Crippen MR) is 60.2 cm³/mol. The zero-order valence-electron chi connectivity index (χ0n) is 8.37. The smallest absolute Gasteiger partial charge is 0.0861 e. The minimum Gasteiger partial charge on any atom is -0.390 e. The Kier molecular flexibility index (Phi) is 3.70. The predicted octanol–water partition coefficient (Wildman–Crippen LogP) is 2.12. The molecule has 0 amide bonds. The molecule has 78 valence electrons. The van der Waals surface area contributed by atoms with Crippen molar-refractivity contribution in [2.24, 2.45) is 0 Å². The van der Waals surface area contributed by atoms with Gasteiger partial charge in [-0.25, -0.2) is 0 Å². The number of aliphatic hydroxyl groups excluding tert-OH is 1. The molecule has 0 heterocycles. The Balaban J connectivity index is 2.70. The van der Waals surface area contributed by atoms with Crippen LogP contribution in [0.2, 0.25) is 0 Å². The minimum absolute atomic E-state index is 0.461. The molecule has 14 heavy (non-hydrogen) atoms. The van der Waals surface area contributed by atoms with Crippen LogP contribution in [0.1, 0.15) is 19.4 Å². The molecule has 0 saturated carbocycles. The number of aliphatic hydroxyl groups is 2. The van der Waals surface area contributed by atoms with E-state index in [0.717, 1.165) is 10.0 Å². The first kappa shape index (κ1) is 11.7. The summed E-state index contributed by atoms with van der Waals surface area (Å²) in [4.78, 5) is 0. The highest BCUT2D eigenvalue weighted by molar-refractivity contribution is 9.10. The summed E-state index contributed by atoms with van der Waals surface area (Å²) in [6.45, 7) is 3.21. The fraction of sp³-hybridized carbons (Fsp3) is 0.455. The molecule has 1 unspecified atom stereocenters. The van der Waals surface area contributed by atoms with Crippen LogP contribution in [0.4, 0.5) is 0 Å². The maximum Gasteiger partial charge on any atom is 0.0861 e. The van der Waals surface area contributed by atoms with E-state index in [2.05, 4.69) is 15.9 Å². The molecule has 0 spiro atoms. The maximum atomic E-state index is 9.66. The van der Waals surface area contributed by atoms with Crippen molar-refractivity contribution >= 4 is 15.9 Å². The zero-order valence-corrected chi connectivity index (χ0v) is 9.95. The summed E-state index contributed by atoms with van der Waals surface area (Å²) in [6, 6.07) is 7.71. The van der Waals surface area contributed by atoms with Gasteiger partial charge in [0.15, 0.2) is 0 Å². The maximum absolute atomic E-state index is 9.66. The average Bonchev–Trinajstić information content (AvgIpc) is 2.02. The van der Waals surface area contributed by atoms with Gasteiger partial charge in [-0.1, -0.05) is 28.1 Å². The SMILES string of the molecule is CC(C)(O)C(O)Cc1cccc(Br)c1. The van der Waals surface area contributed by atoms with Crippen molar-refractivity contribution in [2.45, 2.75) is 32.0 Å². The molecule has 0 aliphatic carbocycles. The van der Waals surface area contributed by atoms with Crippen LogP contribution in [0.15, 0.2) is 28.7 Å². The highest BCUT2D eigenvalue weighted by Crippen LogP contribution is 2.17. The van der Waals surface area contributed by atoms with Gasteiger partial charge in [-0.15, -0.1) is 0 Å². The van der Waals surface area contributed by atoms with Gasteiger partial charge in [-0.05, 0) is 31.5 Å². The van der Waals surface area contributed by atoms with Crippen molar-refractivity contribution in [3.63, 3.8) is 0 Å². The Morgan fingerprint density at radius 2 is 2.07 bits per heavy atom. The fourth-order valence-corrected chi connectivity index (χ4v) is 1.58. The molecule has 2 nitrogen and oxygen atoms in total. The van der Waals surface area contributed by atoms with E-state index in [1.807, 2.05) is 24.3 Å². The van der Waals surface area contributed by atoms with Crippen LogP contribution < -0.4 is 0 Å². The van der Waals surface area contributed by atoms with Crippen molar-refractivity contribution in [3.05, 3.63) is 34.3 Å². The first-order valence-electron chi connectivity index (χ1n) is 4.54. The van der Waals surface area contributed by atoms with Crippen molar-refractivity contribution in [1.29, 1.82) is 0 Å². The summed E-state index contributed by atoms with van der Waals surface area (Å²) in [7, 11) is 0. The first-order valence-corrected chi connectivity index (χ1v) is 5.34. The molecule has 0 aliphatic rings. The van der Waals surface area contributed by atoms with Gasteiger partial charge >= 0.3 is 0 Å². The number of rotatable bonds is 3. The second-order valence-electron chi connectivity index (χ2n) is 4.00. The fourth-order valence-electron chi connectivity index (χ4n) is 1.14. The third kappa shape index (κ3) is 3.40. The third-order valence-corrected chi connectivity index (χ3v) is 2.63. The van der Waals surface area contributed by atoms with Crippen LogP contribution in [-0.2, 0) is 6.42 Å². The molecule has 1 aromatic carbocycles. The largest absolute Gasteiger partial charge is 0.390 e. The normalized spacial score (nSPS) is 14.1. The lowest BCUT2D eigenvalue weighted by atomic mass is 9.95. The minimum atomic E-state index is -1.05. The van der Waals surface area contributed by atoms with Crippen LogP contribution in [0, 0.1) is 0 Å². The quantitative estimate of drug-likeness (QED) is 0.872. The van der Waals surface area contributed by atoms with E-state index in [1.54, 1.807) is 13.8 Å². The monoisotopic (exact) mass is 258 g/mol. The van der Waals surface area contributed by atoms with E-state index < -0.39 is 11.7 Å². The topological polar surface area (TPSA) is 40.5 Å². The summed E-state index contributed by atoms with van der Waals surface area (Å²) in [6.07, 6.45) is -0.278. The lowest BCUT2D eigenvalue weighted by Gasteiger charge is -2.24. The molecule has 0 aliphatic heterocycles. The third-order valence-electron chi connectivity index (χ3n) is 2.13. The van der Waals surface area contributed by atoms with Gasteiger partial charge in [-0.3, -0.25) is 0 Å². The van der Waals surface area contributed by atoms with Crippen molar-refractivity contribution in [3.8, 4) is 0 Å². The molecule has 0 saturated heterocycles. The van der Waals surface area contributed by atoms with E-state index in [4.69, 9.17) is 0 Å². The Morgan fingerprint density at radius 3 is 2.57 bits per heavy atom.